The van der Waals surface area contributed by atoms with E-state index < -0.39 is 18.0 Å². The number of halogens is 1. The second-order valence-corrected chi connectivity index (χ2v) is 7.01. The Kier molecular flexibility index (Phi) is 7.21. The number of hydrogen-bond acceptors (Lipinski definition) is 6. The molecule has 0 bridgehead atoms. The first-order valence-electron chi connectivity index (χ1n) is 9.27. The van der Waals surface area contributed by atoms with Crippen molar-refractivity contribution >= 4 is 40.3 Å². The van der Waals surface area contributed by atoms with Crippen LogP contribution in [0.4, 0.5) is 5.82 Å². The van der Waals surface area contributed by atoms with Gasteiger partial charge in [-0.1, -0.05) is 41.9 Å². The van der Waals surface area contributed by atoms with Crippen LogP contribution in [0.2, 0.25) is 5.02 Å². The Balaban J connectivity index is 1.94. The Morgan fingerprint density at radius 3 is 2.60 bits per heavy atom. The Morgan fingerprint density at radius 1 is 1.13 bits per heavy atom. The van der Waals surface area contributed by atoms with E-state index in [1.54, 1.807) is 18.2 Å². The zero-order valence-electron chi connectivity index (χ0n) is 16.3. The van der Waals surface area contributed by atoms with E-state index in [0.29, 0.717) is 22.3 Å². The fourth-order valence-electron chi connectivity index (χ4n) is 2.95. The highest BCUT2D eigenvalue weighted by molar-refractivity contribution is 6.31. The van der Waals surface area contributed by atoms with Gasteiger partial charge in [0, 0.05) is 23.9 Å². The molecule has 7 nitrogen and oxygen atoms in total. The minimum atomic E-state index is -1.17. The normalized spacial score (nSPS) is 11.8. The molecule has 156 valence electrons. The number of carboxylic acids is 1. The molecule has 8 heteroatoms. The molecule has 2 N–H and O–H groups in total. The zero-order valence-corrected chi connectivity index (χ0v) is 17.1. The maximum atomic E-state index is 12.7. The molecule has 1 aromatic heterocycles. The summed E-state index contributed by atoms with van der Waals surface area (Å²) in [5.41, 5.74) is 1.38. The van der Waals surface area contributed by atoms with Crippen LogP contribution in [-0.2, 0) is 20.7 Å². The van der Waals surface area contributed by atoms with Crippen molar-refractivity contribution in [1.29, 1.82) is 0 Å². The van der Waals surface area contributed by atoms with Crippen LogP contribution in [0, 0.1) is 0 Å². The molecule has 1 heterocycles. The number of anilines is 1. The highest BCUT2D eigenvalue weighted by atomic mass is 35.5. The third-order valence-corrected chi connectivity index (χ3v) is 4.65. The Hall–Kier alpha value is -3.16. The largest absolute Gasteiger partial charge is 0.478 e. The third kappa shape index (κ3) is 5.46. The van der Waals surface area contributed by atoms with Crippen molar-refractivity contribution in [1.82, 2.24) is 4.98 Å². The van der Waals surface area contributed by atoms with E-state index >= 15 is 0 Å². The number of carbonyl (C=O) groups excluding carboxylic acids is 1. The van der Waals surface area contributed by atoms with Crippen LogP contribution in [0.1, 0.15) is 15.9 Å². The number of esters is 1. The van der Waals surface area contributed by atoms with Gasteiger partial charge in [-0.2, -0.15) is 0 Å². The van der Waals surface area contributed by atoms with Crippen LogP contribution in [-0.4, -0.2) is 48.4 Å². The summed E-state index contributed by atoms with van der Waals surface area (Å²) in [6.45, 7) is 0.358. The van der Waals surface area contributed by atoms with Crippen LogP contribution < -0.4 is 5.32 Å². The van der Waals surface area contributed by atoms with E-state index in [1.807, 2.05) is 30.3 Å². The summed E-state index contributed by atoms with van der Waals surface area (Å²) in [5, 5.41) is 13.7. The zero-order chi connectivity index (χ0) is 21.5. The third-order valence-electron chi connectivity index (χ3n) is 4.42. The number of nitrogens with one attached hydrogen (secondary N) is 1. The SMILES string of the molecule is COCCOC(=O)C(Cc1ccccc1)Nc1nc2ccc(Cl)cc2cc1C(=O)O. The number of methoxy groups -OCH3 is 1. The number of pyridine rings is 1. The lowest BCUT2D eigenvalue weighted by Gasteiger charge is -2.20. The van der Waals surface area contributed by atoms with E-state index in [9.17, 15) is 14.7 Å². The molecule has 0 saturated heterocycles. The van der Waals surface area contributed by atoms with E-state index in [1.165, 1.54) is 13.2 Å². The van der Waals surface area contributed by atoms with Gasteiger partial charge in [0.05, 0.1) is 12.1 Å². The number of carboxylic acid groups (broad SMARTS) is 1. The van der Waals surface area contributed by atoms with Gasteiger partial charge in [0.15, 0.2) is 0 Å². The average Bonchev–Trinajstić information content (AvgIpc) is 2.73. The molecule has 30 heavy (non-hydrogen) atoms. The quantitative estimate of drug-likeness (QED) is 0.395. The van der Waals surface area contributed by atoms with Crippen LogP contribution in [0.5, 0.6) is 0 Å². The smallest absolute Gasteiger partial charge is 0.339 e. The van der Waals surface area contributed by atoms with Crippen LogP contribution in [0.3, 0.4) is 0 Å². The number of aromatic carboxylic acids is 1. The van der Waals surface area contributed by atoms with Crippen molar-refractivity contribution < 1.29 is 24.2 Å². The van der Waals surface area contributed by atoms with Crippen molar-refractivity contribution in [2.45, 2.75) is 12.5 Å². The second kappa shape index (κ2) is 10.0. The standard InChI is InChI=1S/C22H21ClN2O5/c1-29-9-10-30-22(28)19(11-14-5-3-2-4-6-14)25-20-17(21(26)27)13-15-12-16(23)7-8-18(15)24-20/h2-8,12-13,19H,9-11H2,1H3,(H,24,25)(H,26,27). The summed E-state index contributed by atoms with van der Waals surface area (Å²) >= 11 is 6.00. The average molecular weight is 429 g/mol. The first kappa shape index (κ1) is 21.5. The molecule has 1 unspecified atom stereocenters. The van der Waals surface area contributed by atoms with Crippen LogP contribution >= 0.6 is 11.6 Å². The molecule has 3 aromatic rings. The summed E-state index contributed by atoms with van der Waals surface area (Å²) < 4.78 is 10.2. The summed E-state index contributed by atoms with van der Waals surface area (Å²) in [4.78, 5) is 28.9. The number of aromatic nitrogens is 1. The molecular weight excluding hydrogens is 408 g/mol. The van der Waals surface area contributed by atoms with Crippen molar-refractivity contribution in [3.05, 3.63) is 70.7 Å². The minimum absolute atomic E-state index is 0.0625. The maximum absolute atomic E-state index is 12.7. The molecule has 0 saturated carbocycles. The monoisotopic (exact) mass is 428 g/mol. The van der Waals surface area contributed by atoms with Gasteiger partial charge in [0.1, 0.15) is 24.0 Å². The van der Waals surface area contributed by atoms with E-state index in [4.69, 9.17) is 21.1 Å². The van der Waals surface area contributed by atoms with Crippen molar-refractivity contribution in [2.24, 2.45) is 0 Å². The van der Waals surface area contributed by atoms with Gasteiger partial charge in [-0.15, -0.1) is 0 Å². The lowest BCUT2D eigenvalue weighted by atomic mass is 10.1. The number of nitrogens with zero attached hydrogens (tertiary/aromatic N) is 1. The Labute approximate surface area is 178 Å². The van der Waals surface area contributed by atoms with Crippen molar-refractivity contribution in [3.8, 4) is 0 Å². The minimum Gasteiger partial charge on any atom is -0.478 e. The summed E-state index contributed by atoms with van der Waals surface area (Å²) in [6, 6.07) is 15.0. The number of rotatable bonds is 9. The fraction of sp³-hybridized carbons (Fsp3) is 0.227. The molecule has 3 rings (SSSR count). The van der Waals surface area contributed by atoms with Gasteiger partial charge in [0.25, 0.3) is 0 Å². The Morgan fingerprint density at radius 2 is 1.90 bits per heavy atom. The van der Waals surface area contributed by atoms with E-state index in [0.717, 1.165) is 5.56 Å². The van der Waals surface area contributed by atoms with Gasteiger partial charge in [-0.05, 0) is 29.8 Å². The first-order valence-corrected chi connectivity index (χ1v) is 9.65. The highest BCUT2D eigenvalue weighted by Crippen LogP contribution is 2.24. The Bertz CT molecular complexity index is 1040. The molecule has 0 fully saturated rings. The number of fused-ring (bicyclic) bond motifs is 1. The molecular formula is C22H21ClN2O5. The predicted molar refractivity (Wildman–Crippen MR) is 114 cm³/mol. The van der Waals surface area contributed by atoms with Crippen molar-refractivity contribution in [2.75, 3.05) is 25.6 Å². The van der Waals surface area contributed by atoms with E-state index in [-0.39, 0.29) is 24.6 Å². The predicted octanol–water partition coefficient (Wildman–Crippen LogP) is 3.80. The lowest BCUT2D eigenvalue weighted by molar-refractivity contribution is -0.145. The molecule has 0 aliphatic heterocycles. The first-order chi connectivity index (χ1) is 14.5. The highest BCUT2D eigenvalue weighted by Gasteiger charge is 2.24. The molecule has 0 amide bonds. The van der Waals surface area contributed by atoms with E-state index in [2.05, 4.69) is 10.3 Å². The van der Waals surface area contributed by atoms with Crippen LogP contribution in [0.15, 0.2) is 54.6 Å². The number of benzene rings is 2. The topological polar surface area (TPSA) is 97.8 Å². The molecule has 0 aliphatic rings. The number of hydrogen-bond donors (Lipinski definition) is 2. The van der Waals surface area contributed by atoms with Gasteiger partial charge in [-0.3, -0.25) is 0 Å². The molecule has 0 aliphatic carbocycles. The van der Waals surface area contributed by atoms with Gasteiger partial charge < -0.3 is 19.9 Å². The molecule has 1 atom stereocenters. The number of carbonyl (C=O) groups is 2. The lowest BCUT2D eigenvalue weighted by Crippen LogP contribution is -2.35. The van der Waals surface area contributed by atoms with Crippen LogP contribution in [0.25, 0.3) is 10.9 Å². The number of ether oxygens (including phenoxy) is 2. The summed E-state index contributed by atoms with van der Waals surface area (Å²) in [7, 11) is 1.51. The van der Waals surface area contributed by atoms with Gasteiger partial charge in [0.2, 0.25) is 0 Å². The molecule has 0 spiro atoms. The van der Waals surface area contributed by atoms with Gasteiger partial charge >= 0.3 is 11.9 Å². The van der Waals surface area contributed by atoms with Gasteiger partial charge in [-0.25, -0.2) is 14.6 Å². The fourth-order valence-corrected chi connectivity index (χ4v) is 3.14. The molecule has 2 aromatic carbocycles. The second-order valence-electron chi connectivity index (χ2n) is 6.57. The summed E-state index contributed by atoms with van der Waals surface area (Å²) in [5.74, 6) is -1.61. The summed E-state index contributed by atoms with van der Waals surface area (Å²) in [6.07, 6.45) is 0.298. The molecule has 0 radical (unpaired) electrons. The van der Waals surface area contributed by atoms with Crippen molar-refractivity contribution in [3.63, 3.8) is 0 Å². The maximum Gasteiger partial charge on any atom is 0.339 e.